The highest BCUT2D eigenvalue weighted by Crippen LogP contribution is 2.27. The summed E-state index contributed by atoms with van der Waals surface area (Å²) in [5, 5.41) is 8.79. The van der Waals surface area contributed by atoms with Gasteiger partial charge in [0.15, 0.2) is 0 Å². The molecule has 0 amide bonds. The van der Waals surface area contributed by atoms with E-state index in [4.69, 9.17) is 8.83 Å². The number of amidine groups is 2. The number of nitrogens with zero attached hydrogens (tertiary/aromatic N) is 2. The first kappa shape index (κ1) is 21.3. The summed E-state index contributed by atoms with van der Waals surface area (Å²) < 4.78 is 12.2. The normalized spacial score (nSPS) is 15.1. The average Bonchev–Trinajstić information content (AvgIpc) is 3.53. The summed E-state index contributed by atoms with van der Waals surface area (Å²) in [6.45, 7) is 3.45. The van der Waals surface area contributed by atoms with E-state index < -0.39 is 0 Å². The molecule has 8 heteroatoms. The zero-order valence-corrected chi connectivity index (χ0v) is 18.3. The summed E-state index contributed by atoms with van der Waals surface area (Å²) in [4.78, 5) is 8.97. The summed E-state index contributed by atoms with van der Waals surface area (Å²) in [6.07, 6.45) is 0.617. The monoisotopic (exact) mass is 456 g/mol. The number of rotatable bonds is 4. The molecule has 0 fully saturated rings. The predicted octanol–water partition coefficient (Wildman–Crippen LogP) is 4.31. The number of nitrogens with one attached hydrogen (secondary N) is 2. The van der Waals surface area contributed by atoms with Gasteiger partial charge in [0.2, 0.25) is 0 Å². The number of hydrogen-bond donors (Lipinski definition) is 2. The predicted molar refractivity (Wildman–Crippen MR) is 129 cm³/mol. The number of furan rings is 2. The van der Waals surface area contributed by atoms with Crippen LogP contribution in [-0.4, -0.2) is 37.9 Å². The van der Waals surface area contributed by atoms with Crippen molar-refractivity contribution in [2.45, 2.75) is 6.42 Å². The summed E-state index contributed by atoms with van der Waals surface area (Å²) >= 11 is 0. The third-order valence-corrected chi connectivity index (χ3v) is 5.39. The van der Waals surface area contributed by atoms with Crippen molar-refractivity contribution in [3.63, 3.8) is 0 Å². The molecule has 160 valence electrons. The van der Waals surface area contributed by atoms with E-state index in [1.165, 1.54) is 0 Å². The lowest BCUT2D eigenvalue weighted by molar-refractivity contribution is 0.512. The molecule has 6 rings (SSSR count). The van der Waals surface area contributed by atoms with E-state index in [0.29, 0.717) is 6.42 Å². The van der Waals surface area contributed by atoms with Gasteiger partial charge >= 0.3 is 0 Å². The molecule has 0 bridgehead atoms. The molecule has 0 saturated heterocycles. The third kappa shape index (κ3) is 4.01. The van der Waals surface area contributed by atoms with Crippen LogP contribution in [0.4, 0.5) is 0 Å². The van der Waals surface area contributed by atoms with E-state index in [1.807, 2.05) is 0 Å². The van der Waals surface area contributed by atoms with Crippen molar-refractivity contribution in [2.75, 3.05) is 26.2 Å². The van der Waals surface area contributed by atoms with E-state index in [-0.39, 0.29) is 24.8 Å². The lowest BCUT2D eigenvalue weighted by Gasteiger charge is -2.01. The van der Waals surface area contributed by atoms with Gasteiger partial charge in [0.25, 0.3) is 0 Å². The van der Waals surface area contributed by atoms with Crippen molar-refractivity contribution in [3.8, 4) is 0 Å². The summed E-state index contributed by atoms with van der Waals surface area (Å²) in [5.74, 6) is 3.66. The molecule has 4 heterocycles. The zero-order valence-electron chi connectivity index (χ0n) is 16.7. The lowest BCUT2D eigenvalue weighted by atomic mass is 10.1. The molecule has 2 aliphatic rings. The average molecular weight is 457 g/mol. The molecule has 2 aromatic heterocycles. The van der Waals surface area contributed by atoms with Crippen molar-refractivity contribution in [3.05, 3.63) is 71.2 Å². The van der Waals surface area contributed by atoms with Gasteiger partial charge in [-0.2, -0.15) is 0 Å². The maximum Gasteiger partial charge on any atom is 0.135 e. The second kappa shape index (κ2) is 8.65. The Morgan fingerprint density at radius 1 is 0.677 bits per heavy atom. The fourth-order valence-corrected chi connectivity index (χ4v) is 4.00. The van der Waals surface area contributed by atoms with Gasteiger partial charge in [0, 0.05) is 35.0 Å². The Morgan fingerprint density at radius 2 is 1.16 bits per heavy atom. The maximum atomic E-state index is 6.10. The molecule has 0 saturated carbocycles. The molecule has 2 aliphatic heterocycles. The second-order valence-corrected chi connectivity index (χ2v) is 7.42. The van der Waals surface area contributed by atoms with E-state index >= 15 is 0 Å². The third-order valence-electron chi connectivity index (χ3n) is 5.39. The molecule has 0 spiro atoms. The minimum atomic E-state index is 0. The van der Waals surface area contributed by atoms with Gasteiger partial charge < -0.3 is 19.5 Å². The first-order valence-electron chi connectivity index (χ1n) is 9.94. The van der Waals surface area contributed by atoms with Gasteiger partial charge in [-0.1, -0.05) is 24.3 Å². The first-order chi connectivity index (χ1) is 14.3. The Hall–Kier alpha value is -2.96. The maximum absolute atomic E-state index is 6.10. The highest BCUT2D eigenvalue weighted by molar-refractivity contribution is 6.03. The van der Waals surface area contributed by atoms with Crippen molar-refractivity contribution in [2.24, 2.45) is 9.98 Å². The standard InChI is InChI=1S/C23H20N4O2.2ClH/c1-3-16(22-24-5-6-25-22)11-20-14(1)9-18(28-20)13-19-10-15-2-4-17(12-21(15)29-19)23-26-7-8-27-23;;/h1-4,9-12H,5-8,13H2,(H,24,25)(H,26,27);2*1H. The molecule has 0 atom stereocenters. The SMILES string of the molecule is Cl.Cl.c1cc2cc(Cc3cc4ccc(C5=NCCN5)cc4o3)oc2cc1C1=NCCN1. The van der Waals surface area contributed by atoms with E-state index in [2.05, 4.69) is 69.1 Å². The lowest BCUT2D eigenvalue weighted by Crippen LogP contribution is -2.19. The molecule has 0 unspecified atom stereocenters. The van der Waals surface area contributed by atoms with Gasteiger partial charge in [-0.05, 0) is 24.3 Å². The van der Waals surface area contributed by atoms with Crippen LogP contribution in [0.5, 0.6) is 0 Å². The molecule has 4 aromatic rings. The Morgan fingerprint density at radius 3 is 1.58 bits per heavy atom. The van der Waals surface area contributed by atoms with E-state index in [1.54, 1.807) is 0 Å². The van der Waals surface area contributed by atoms with E-state index in [0.717, 1.165) is 82.4 Å². The summed E-state index contributed by atoms with van der Waals surface area (Å²) in [6, 6.07) is 16.6. The van der Waals surface area contributed by atoms with Crippen molar-refractivity contribution in [1.29, 1.82) is 0 Å². The number of halogens is 2. The Balaban J connectivity index is 0.00000116. The van der Waals surface area contributed by atoms with Gasteiger partial charge in [0.05, 0.1) is 19.5 Å². The van der Waals surface area contributed by atoms with E-state index in [9.17, 15) is 0 Å². The topological polar surface area (TPSA) is 75.1 Å². The second-order valence-electron chi connectivity index (χ2n) is 7.42. The van der Waals surface area contributed by atoms with Crippen molar-refractivity contribution in [1.82, 2.24) is 10.6 Å². The Bertz CT molecular complexity index is 1210. The van der Waals surface area contributed by atoms with Crippen LogP contribution in [0.2, 0.25) is 0 Å². The molecule has 31 heavy (non-hydrogen) atoms. The van der Waals surface area contributed by atoms with Crippen molar-refractivity contribution >= 4 is 58.4 Å². The van der Waals surface area contributed by atoms with Gasteiger partial charge in [-0.3, -0.25) is 9.98 Å². The summed E-state index contributed by atoms with van der Waals surface area (Å²) in [7, 11) is 0. The molecular weight excluding hydrogens is 435 g/mol. The zero-order chi connectivity index (χ0) is 19.2. The number of benzene rings is 2. The number of aliphatic imine (C=N–C) groups is 2. The number of fused-ring (bicyclic) bond motifs is 2. The molecule has 2 N–H and O–H groups in total. The molecule has 2 aromatic carbocycles. The van der Waals surface area contributed by atoms with Crippen molar-refractivity contribution < 1.29 is 8.83 Å². The van der Waals surface area contributed by atoms with Crippen LogP contribution in [0.1, 0.15) is 22.6 Å². The van der Waals surface area contributed by atoms with Gasteiger partial charge in [-0.15, -0.1) is 24.8 Å². The largest absolute Gasteiger partial charge is 0.461 e. The van der Waals surface area contributed by atoms with Crippen LogP contribution in [0.3, 0.4) is 0 Å². The smallest absolute Gasteiger partial charge is 0.135 e. The van der Waals surface area contributed by atoms with Crippen LogP contribution in [0.25, 0.3) is 21.9 Å². The molecular formula is C23H22Cl2N4O2. The quantitative estimate of drug-likeness (QED) is 0.479. The Kier molecular flexibility index (Phi) is 5.94. The Labute approximate surface area is 191 Å². The first-order valence-corrected chi connectivity index (χ1v) is 9.94. The minimum Gasteiger partial charge on any atom is -0.461 e. The van der Waals surface area contributed by atoms with Crippen LogP contribution < -0.4 is 10.6 Å². The van der Waals surface area contributed by atoms with Crippen LogP contribution in [-0.2, 0) is 6.42 Å². The van der Waals surface area contributed by atoms with Crippen LogP contribution in [0.15, 0.2) is 67.4 Å². The molecule has 0 aliphatic carbocycles. The van der Waals surface area contributed by atoms with Crippen LogP contribution in [0, 0.1) is 0 Å². The van der Waals surface area contributed by atoms with Gasteiger partial charge in [0.1, 0.15) is 34.4 Å². The summed E-state index contributed by atoms with van der Waals surface area (Å²) in [5.41, 5.74) is 3.88. The minimum absolute atomic E-state index is 0. The molecule has 6 nitrogen and oxygen atoms in total. The highest BCUT2D eigenvalue weighted by atomic mass is 35.5. The fraction of sp³-hybridized carbons (Fsp3) is 0.217. The highest BCUT2D eigenvalue weighted by Gasteiger charge is 2.14. The number of hydrogen-bond acceptors (Lipinski definition) is 6. The molecule has 0 radical (unpaired) electrons. The van der Waals surface area contributed by atoms with Gasteiger partial charge in [-0.25, -0.2) is 0 Å². The van der Waals surface area contributed by atoms with Crippen LogP contribution >= 0.6 is 24.8 Å². The fourth-order valence-electron chi connectivity index (χ4n) is 4.00.